The van der Waals surface area contributed by atoms with E-state index in [-0.39, 0.29) is 35.1 Å². The van der Waals surface area contributed by atoms with Gasteiger partial charge in [0.2, 0.25) is 0 Å². The molecule has 0 unspecified atom stereocenters. The number of aliphatic hydroxyl groups excluding tert-OH is 5. The summed E-state index contributed by atoms with van der Waals surface area (Å²) in [7, 11) is 0. The molecule has 118 valence electrons. The number of carbonyl (C=O) groups is 2. The van der Waals surface area contributed by atoms with Gasteiger partial charge in [-0.25, -0.2) is 9.59 Å². The van der Waals surface area contributed by atoms with E-state index in [1.165, 1.54) is 24.3 Å². The third-order valence-corrected chi connectivity index (χ3v) is 2.70. The SMILES string of the molecule is O=C(OC(=O)[C@H](O)[C@@H](O)[C@H](O)[C@H](O)CO)c1ccccc1.[NaH]. The van der Waals surface area contributed by atoms with E-state index in [0.29, 0.717) is 0 Å². The van der Waals surface area contributed by atoms with Crippen LogP contribution in [0.25, 0.3) is 0 Å². The first-order valence-electron chi connectivity index (χ1n) is 6.02. The number of esters is 2. The fraction of sp³-hybridized carbons (Fsp3) is 0.385. The van der Waals surface area contributed by atoms with Gasteiger partial charge < -0.3 is 30.3 Å². The molecule has 0 saturated heterocycles. The van der Waals surface area contributed by atoms with Gasteiger partial charge in [-0.05, 0) is 12.1 Å². The van der Waals surface area contributed by atoms with Gasteiger partial charge in [-0.15, -0.1) is 0 Å². The zero-order valence-electron chi connectivity index (χ0n) is 10.9. The Morgan fingerprint density at radius 2 is 1.55 bits per heavy atom. The summed E-state index contributed by atoms with van der Waals surface area (Å²) in [6.07, 6.45) is -8.12. The molecule has 1 aromatic rings. The zero-order chi connectivity index (χ0) is 16.0. The summed E-state index contributed by atoms with van der Waals surface area (Å²) in [5, 5.41) is 46.0. The molecule has 0 saturated carbocycles. The second kappa shape index (κ2) is 10.0. The van der Waals surface area contributed by atoms with Crippen LogP contribution < -0.4 is 0 Å². The molecule has 1 aromatic carbocycles. The maximum absolute atomic E-state index is 11.6. The predicted molar refractivity (Wildman–Crippen MR) is 75.1 cm³/mol. The quantitative estimate of drug-likeness (QED) is 0.214. The number of benzene rings is 1. The summed E-state index contributed by atoms with van der Waals surface area (Å²) in [4.78, 5) is 23.0. The van der Waals surface area contributed by atoms with Crippen LogP contribution in [0, 0.1) is 0 Å². The molecular formula is C13H17NaO8. The minimum atomic E-state index is -2.26. The van der Waals surface area contributed by atoms with Crippen LogP contribution in [0.15, 0.2) is 30.3 Å². The predicted octanol–water partition coefficient (Wildman–Crippen LogP) is -2.84. The summed E-state index contributed by atoms with van der Waals surface area (Å²) in [5.41, 5.74) is 0.0588. The summed E-state index contributed by atoms with van der Waals surface area (Å²) in [6, 6.07) is 7.47. The molecule has 22 heavy (non-hydrogen) atoms. The topological polar surface area (TPSA) is 145 Å². The molecule has 8 nitrogen and oxygen atoms in total. The molecule has 0 bridgehead atoms. The molecule has 5 N–H and O–H groups in total. The van der Waals surface area contributed by atoms with E-state index in [4.69, 9.17) is 10.2 Å². The zero-order valence-corrected chi connectivity index (χ0v) is 10.9. The molecule has 0 amide bonds. The van der Waals surface area contributed by atoms with E-state index in [2.05, 4.69) is 4.74 Å². The molecule has 0 fully saturated rings. The van der Waals surface area contributed by atoms with Crippen molar-refractivity contribution < 1.29 is 39.9 Å². The van der Waals surface area contributed by atoms with Crippen molar-refractivity contribution in [1.82, 2.24) is 0 Å². The van der Waals surface area contributed by atoms with Gasteiger partial charge in [-0.1, -0.05) is 18.2 Å². The fourth-order valence-electron chi connectivity index (χ4n) is 1.45. The molecule has 0 aliphatic rings. The van der Waals surface area contributed by atoms with Gasteiger partial charge in [0.25, 0.3) is 0 Å². The van der Waals surface area contributed by atoms with Crippen molar-refractivity contribution >= 4 is 41.5 Å². The summed E-state index contributed by atoms with van der Waals surface area (Å²) in [5.74, 6) is -2.52. The Hall–Kier alpha value is -0.840. The second-order valence-corrected chi connectivity index (χ2v) is 4.25. The van der Waals surface area contributed by atoms with Crippen molar-refractivity contribution in [2.24, 2.45) is 0 Å². The van der Waals surface area contributed by atoms with Crippen molar-refractivity contribution in [1.29, 1.82) is 0 Å². The molecule has 1 rings (SSSR count). The van der Waals surface area contributed by atoms with E-state index >= 15 is 0 Å². The van der Waals surface area contributed by atoms with Gasteiger partial charge in [0.1, 0.15) is 18.3 Å². The van der Waals surface area contributed by atoms with Gasteiger partial charge in [-0.2, -0.15) is 0 Å². The Morgan fingerprint density at radius 1 is 1.00 bits per heavy atom. The van der Waals surface area contributed by atoms with E-state index in [1.54, 1.807) is 6.07 Å². The van der Waals surface area contributed by atoms with Crippen LogP contribution in [-0.4, -0.2) is 98.1 Å². The number of hydrogen-bond donors (Lipinski definition) is 5. The van der Waals surface area contributed by atoms with Crippen LogP contribution in [0.5, 0.6) is 0 Å². The van der Waals surface area contributed by atoms with Crippen molar-refractivity contribution in [2.45, 2.75) is 24.4 Å². The van der Waals surface area contributed by atoms with Gasteiger partial charge >= 0.3 is 41.5 Å². The van der Waals surface area contributed by atoms with Crippen LogP contribution >= 0.6 is 0 Å². The van der Waals surface area contributed by atoms with E-state index < -0.39 is 43.0 Å². The van der Waals surface area contributed by atoms with Gasteiger partial charge in [-0.3, -0.25) is 0 Å². The Labute approximate surface area is 148 Å². The molecule has 9 heteroatoms. The summed E-state index contributed by atoms with van der Waals surface area (Å²) in [6.45, 7) is -0.886. The Morgan fingerprint density at radius 3 is 2.05 bits per heavy atom. The fourth-order valence-corrected chi connectivity index (χ4v) is 1.45. The molecule has 0 radical (unpaired) electrons. The minimum absolute atomic E-state index is 0. The molecule has 0 aromatic heterocycles. The summed E-state index contributed by atoms with van der Waals surface area (Å²) < 4.78 is 4.34. The number of aliphatic hydroxyl groups is 5. The molecule has 0 heterocycles. The first-order valence-corrected chi connectivity index (χ1v) is 6.02. The summed E-state index contributed by atoms with van der Waals surface area (Å²) >= 11 is 0. The molecule has 4 atom stereocenters. The van der Waals surface area contributed by atoms with E-state index in [9.17, 15) is 24.9 Å². The van der Waals surface area contributed by atoms with E-state index in [0.717, 1.165) is 0 Å². The van der Waals surface area contributed by atoms with Crippen molar-refractivity contribution in [2.75, 3.05) is 6.61 Å². The van der Waals surface area contributed by atoms with Crippen LogP contribution in [0.2, 0.25) is 0 Å². The normalized spacial score (nSPS) is 15.9. The van der Waals surface area contributed by atoms with Crippen molar-refractivity contribution in [3.63, 3.8) is 0 Å². The maximum atomic E-state index is 11.6. The van der Waals surface area contributed by atoms with Crippen molar-refractivity contribution in [3.05, 3.63) is 35.9 Å². The molecule has 0 aliphatic heterocycles. The monoisotopic (exact) mass is 324 g/mol. The van der Waals surface area contributed by atoms with Gasteiger partial charge in [0.05, 0.1) is 12.2 Å². The first-order chi connectivity index (χ1) is 9.88. The number of carbonyl (C=O) groups excluding carboxylic acids is 2. The number of rotatable bonds is 6. The second-order valence-electron chi connectivity index (χ2n) is 4.25. The average Bonchev–Trinajstić information content (AvgIpc) is 2.52. The Bertz CT molecular complexity index is 480. The van der Waals surface area contributed by atoms with Crippen molar-refractivity contribution in [3.8, 4) is 0 Å². The average molecular weight is 324 g/mol. The molecule has 0 spiro atoms. The standard InChI is InChI=1S/C13H16O8.Na.H/c14-6-8(15)9(16)10(17)11(18)13(20)21-12(19)7-4-2-1-3-5-7;;/h1-5,8-11,14-18H,6H2;;/t8-,9-,10+,11-;;/m1../s1. The van der Waals surface area contributed by atoms with Gasteiger partial charge in [0, 0.05) is 0 Å². The molecular weight excluding hydrogens is 307 g/mol. The third kappa shape index (κ3) is 5.75. The Balaban J connectivity index is 0.00000441. The van der Waals surface area contributed by atoms with Gasteiger partial charge in [0.15, 0.2) is 6.10 Å². The van der Waals surface area contributed by atoms with Crippen LogP contribution in [-0.2, 0) is 9.53 Å². The number of ether oxygens (including phenoxy) is 1. The van der Waals surface area contributed by atoms with E-state index in [1.807, 2.05) is 0 Å². The third-order valence-electron chi connectivity index (χ3n) is 2.70. The first kappa shape index (κ1) is 21.2. The van der Waals surface area contributed by atoms with Crippen LogP contribution in [0.4, 0.5) is 0 Å². The number of hydrogen-bond acceptors (Lipinski definition) is 8. The van der Waals surface area contributed by atoms with Crippen LogP contribution in [0.3, 0.4) is 0 Å². The Kier molecular flexibility index (Phi) is 9.65. The molecule has 0 aliphatic carbocycles. The van der Waals surface area contributed by atoms with Crippen LogP contribution in [0.1, 0.15) is 10.4 Å².